The van der Waals surface area contributed by atoms with Gasteiger partial charge in [-0.15, -0.1) is 0 Å². The van der Waals surface area contributed by atoms with Crippen LogP contribution in [0.5, 0.6) is 11.6 Å². The number of carbonyl (C=O) groups is 1. The highest BCUT2D eigenvalue weighted by Gasteiger charge is 2.22. The lowest BCUT2D eigenvalue weighted by Crippen LogP contribution is -2.48. The third-order valence-electron chi connectivity index (χ3n) is 7.93. The Morgan fingerprint density at radius 2 is 1.68 bits per heavy atom. The molecule has 44 heavy (non-hydrogen) atoms. The first-order valence-corrected chi connectivity index (χ1v) is 15.8. The maximum atomic E-state index is 11.6. The number of halogens is 2. The van der Waals surface area contributed by atoms with Crippen LogP contribution >= 0.6 is 23.2 Å². The number of urea groups is 1. The smallest absolute Gasteiger partial charge is 0.314 e. The van der Waals surface area contributed by atoms with Gasteiger partial charge in [0.25, 0.3) is 0 Å². The van der Waals surface area contributed by atoms with Gasteiger partial charge in [0.1, 0.15) is 0 Å². The Morgan fingerprint density at radius 3 is 2.32 bits per heavy atom. The predicted octanol–water partition coefficient (Wildman–Crippen LogP) is 4.28. The number of nitrogens with one attached hydrogen (secondary N) is 2. The normalized spacial score (nSPS) is 17.3. The number of hydrogen-bond acceptors (Lipinski definition) is 9. The standard InChI is InChI=1S/C31H40Cl2N8O3/c1-21(42)19-40-7-9-41(10-8-40)30-35-17-27(18-36-30)44-29-12-23(11-28(38-29)24-13-25(32)15-26(33)14-24)20-39-5-3-22(4-6-39)16-37-31(43)34-2/h11-15,17-18,21-22,42H,3-10,16,19-20H2,1-2H3,(H2,34,37,43). The van der Waals surface area contributed by atoms with E-state index in [1.165, 1.54) is 0 Å². The molecule has 2 amide bonds. The van der Waals surface area contributed by atoms with E-state index in [9.17, 15) is 9.90 Å². The van der Waals surface area contributed by atoms with Crippen molar-refractivity contribution in [3.05, 3.63) is 58.3 Å². The minimum atomic E-state index is -0.339. The minimum absolute atomic E-state index is 0.141. The number of piperazine rings is 1. The Labute approximate surface area is 268 Å². The average molecular weight is 644 g/mol. The molecule has 0 saturated carbocycles. The van der Waals surface area contributed by atoms with Crippen molar-refractivity contribution in [1.82, 2.24) is 35.4 Å². The Hall–Kier alpha value is -3.22. The van der Waals surface area contributed by atoms with Crippen LogP contribution in [0, 0.1) is 5.92 Å². The van der Waals surface area contributed by atoms with Gasteiger partial charge in [0.05, 0.1) is 24.2 Å². The van der Waals surface area contributed by atoms with Crippen molar-refractivity contribution in [3.8, 4) is 22.9 Å². The van der Waals surface area contributed by atoms with Gasteiger partial charge in [0.2, 0.25) is 11.8 Å². The molecule has 2 aliphatic heterocycles. The van der Waals surface area contributed by atoms with Crippen molar-refractivity contribution < 1.29 is 14.6 Å². The lowest BCUT2D eigenvalue weighted by atomic mass is 9.96. The highest BCUT2D eigenvalue weighted by Crippen LogP contribution is 2.31. The van der Waals surface area contributed by atoms with E-state index in [1.54, 1.807) is 25.5 Å². The molecule has 1 unspecified atom stereocenters. The van der Waals surface area contributed by atoms with E-state index in [2.05, 4.69) is 35.3 Å². The Bertz CT molecular complexity index is 1370. The number of ether oxygens (including phenoxy) is 1. The first-order chi connectivity index (χ1) is 21.2. The monoisotopic (exact) mass is 642 g/mol. The molecule has 2 aromatic heterocycles. The van der Waals surface area contributed by atoms with Crippen LogP contribution in [-0.2, 0) is 6.54 Å². The number of likely N-dealkylation sites (tertiary alicyclic amines) is 1. The summed E-state index contributed by atoms with van der Waals surface area (Å²) in [4.78, 5) is 32.3. The van der Waals surface area contributed by atoms with E-state index in [0.29, 0.717) is 52.3 Å². The number of pyridine rings is 1. The number of β-amino-alcohol motifs (C(OH)–C–C–N with tert-alkyl or cyclic N) is 1. The molecule has 0 radical (unpaired) electrons. The number of nitrogens with zero attached hydrogens (tertiary/aromatic N) is 6. The summed E-state index contributed by atoms with van der Waals surface area (Å²) in [5.41, 5.74) is 2.56. The quantitative estimate of drug-likeness (QED) is 0.298. The lowest BCUT2D eigenvalue weighted by molar-refractivity contribution is 0.122. The summed E-state index contributed by atoms with van der Waals surface area (Å²) < 4.78 is 6.19. The van der Waals surface area contributed by atoms with Crippen LogP contribution in [0.4, 0.5) is 10.7 Å². The number of carbonyl (C=O) groups excluding carboxylic acids is 1. The molecule has 2 saturated heterocycles. The van der Waals surface area contributed by atoms with E-state index in [4.69, 9.17) is 32.9 Å². The van der Waals surface area contributed by atoms with Crippen LogP contribution < -0.4 is 20.3 Å². The van der Waals surface area contributed by atoms with Gasteiger partial charge in [0, 0.05) is 74.5 Å². The van der Waals surface area contributed by atoms with Gasteiger partial charge in [-0.1, -0.05) is 23.2 Å². The Balaban J connectivity index is 1.27. The number of benzene rings is 1. The fraction of sp³-hybridized carbons (Fsp3) is 0.484. The third kappa shape index (κ3) is 9.15. The van der Waals surface area contributed by atoms with Gasteiger partial charge < -0.3 is 25.4 Å². The maximum absolute atomic E-state index is 11.6. The second-order valence-electron chi connectivity index (χ2n) is 11.5. The van der Waals surface area contributed by atoms with Crippen molar-refractivity contribution in [2.75, 3.05) is 64.3 Å². The summed E-state index contributed by atoms with van der Waals surface area (Å²) in [7, 11) is 1.63. The maximum Gasteiger partial charge on any atom is 0.314 e. The second kappa shape index (κ2) is 15.2. The first kappa shape index (κ1) is 32.2. The van der Waals surface area contributed by atoms with Crippen LogP contribution in [0.1, 0.15) is 25.3 Å². The molecule has 2 fully saturated rings. The highest BCUT2D eigenvalue weighted by molar-refractivity contribution is 6.35. The molecule has 5 rings (SSSR count). The van der Waals surface area contributed by atoms with Crippen LogP contribution in [0.3, 0.4) is 0 Å². The molecule has 0 bridgehead atoms. The molecule has 0 spiro atoms. The second-order valence-corrected chi connectivity index (χ2v) is 12.4. The van der Waals surface area contributed by atoms with Gasteiger partial charge >= 0.3 is 6.03 Å². The number of amides is 2. The third-order valence-corrected chi connectivity index (χ3v) is 8.36. The van der Waals surface area contributed by atoms with Gasteiger partial charge in [-0.3, -0.25) is 9.80 Å². The summed E-state index contributed by atoms with van der Waals surface area (Å²) in [6.45, 7) is 9.05. The van der Waals surface area contributed by atoms with E-state index in [1.807, 2.05) is 31.2 Å². The minimum Gasteiger partial charge on any atom is -0.436 e. The average Bonchev–Trinajstić information content (AvgIpc) is 3.00. The topological polar surface area (TPSA) is 119 Å². The van der Waals surface area contributed by atoms with E-state index < -0.39 is 0 Å². The Morgan fingerprint density at radius 1 is 1.00 bits per heavy atom. The zero-order valence-electron chi connectivity index (χ0n) is 25.2. The molecule has 3 N–H and O–H groups in total. The first-order valence-electron chi connectivity index (χ1n) is 15.0. The fourth-order valence-corrected chi connectivity index (χ4v) is 6.16. The Kier molecular flexibility index (Phi) is 11.1. The predicted molar refractivity (Wildman–Crippen MR) is 173 cm³/mol. The van der Waals surface area contributed by atoms with Gasteiger partial charge in [0.15, 0.2) is 5.75 Å². The fourth-order valence-electron chi connectivity index (χ4n) is 5.63. The molecular weight excluding hydrogens is 603 g/mol. The highest BCUT2D eigenvalue weighted by atomic mass is 35.5. The molecule has 1 aromatic carbocycles. The number of anilines is 1. The molecule has 1 atom stereocenters. The number of aliphatic hydroxyl groups excluding tert-OH is 1. The molecule has 11 nitrogen and oxygen atoms in total. The van der Waals surface area contributed by atoms with Gasteiger partial charge in [-0.25, -0.2) is 19.7 Å². The summed E-state index contributed by atoms with van der Waals surface area (Å²) in [5.74, 6) is 2.03. The van der Waals surface area contributed by atoms with Crippen LogP contribution in [-0.4, -0.2) is 101 Å². The molecular formula is C31H40Cl2N8O3. The van der Waals surface area contributed by atoms with Crippen molar-refractivity contribution in [3.63, 3.8) is 0 Å². The van der Waals surface area contributed by atoms with Gasteiger partial charge in [-0.2, -0.15) is 0 Å². The van der Waals surface area contributed by atoms with Crippen LogP contribution in [0.15, 0.2) is 42.7 Å². The lowest BCUT2D eigenvalue weighted by Gasteiger charge is -2.35. The summed E-state index contributed by atoms with van der Waals surface area (Å²) >= 11 is 12.7. The molecule has 13 heteroatoms. The summed E-state index contributed by atoms with van der Waals surface area (Å²) in [6, 6.07) is 9.23. The largest absolute Gasteiger partial charge is 0.436 e. The molecule has 236 valence electrons. The number of rotatable bonds is 10. The van der Waals surface area contributed by atoms with Crippen LogP contribution in [0.25, 0.3) is 11.3 Å². The number of piperidine rings is 1. The number of aliphatic hydroxyl groups is 1. The summed E-state index contributed by atoms with van der Waals surface area (Å²) in [5, 5.41) is 16.3. The van der Waals surface area contributed by atoms with Crippen molar-refractivity contribution in [2.45, 2.75) is 32.4 Å². The zero-order valence-corrected chi connectivity index (χ0v) is 26.7. The molecule has 2 aliphatic rings. The zero-order chi connectivity index (χ0) is 31.1. The van der Waals surface area contributed by atoms with Crippen LogP contribution in [0.2, 0.25) is 10.0 Å². The van der Waals surface area contributed by atoms with Crippen molar-refractivity contribution in [1.29, 1.82) is 0 Å². The number of aromatic nitrogens is 3. The van der Waals surface area contributed by atoms with Crippen molar-refractivity contribution >= 4 is 35.2 Å². The summed E-state index contributed by atoms with van der Waals surface area (Å²) in [6.07, 6.45) is 5.02. The van der Waals surface area contributed by atoms with E-state index >= 15 is 0 Å². The molecule has 3 aromatic rings. The van der Waals surface area contributed by atoms with E-state index in [0.717, 1.165) is 69.8 Å². The molecule has 4 heterocycles. The van der Waals surface area contributed by atoms with Crippen molar-refractivity contribution in [2.24, 2.45) is 5.92 Å². The molecule has 0 aliphatic carbocycles. The SMILES string of the molecule is CNC(=O)NCC1CCN(Cc2cc(Oc3cnc(N4CCN(CC(C)O)CC4)nc3)nc(-c3cc(Cl)cc(Cl)c3)c2)CC1. The van der Waals surface area contributed by atoms with Gasteiger partial charge in [-0.05, 0) is 68.6 Å². The number of hydrogen-bond donors (Lipinski definition) is 3. The van der Waals surface area contributed by atoms with E-state index in [-0.39, 0.29) is 12.1 Å².